The van der Waals surface area contributed by atoms with Crippen molar-refractivity contribution in [3.63, 3.8) is 0 Å². The van der Waals surface area contributed by atoms with Crippen molar-refractivity contribution in [2.24, 2.45) is 17.8 Å². The monoisotopic (exact) mass is 211 g/mol. The van der Waals surface area contributed by atoms with E-state index < -0.39 is 11.6 Å². The van der Waals surface area contributed by atoms with Crippen molar-refractivity contribution in [3.8, 4) is 0 Å². The summed E-state index contributed by atoms with van der Waals surface area (Å²) < 4.78 is 0. The van der Waals surface area contributed by atoms with Gasteiger partial charge in [0.05, 0.1) is 11.6 Å². The van der Waals surface area contributed by atoms with Gasteiger partial charge < -0.3 is 10.4 Å². The number of aliphatic hydroxyl groups is 1. The Morgan fingerprint density at radius 2 is 1.93 bits per heavy atom. The molecule has 0 heterocycles. The molecule has 3 heteroatoms. The molecule has 2 saturated carbocycles. The van der Waals surface area contributed by atoms with Gasteiger partial charge in [0.15, 0.2) is 0 Å². The molecule has 0 aliphatic heterocycles. The highest BCUT2D eigenvalue weighted by Crippen LogP contribution is 2.57. The molecule has 2 aliphatic carbocycles. The van der Waals surface area contributed by atoms with E-state index in [1.807, 2.05) is 13.8 Å². The van der Waals surface area contributed by atoms with Gasteiger partial charge in [0, 0.05) is 5.92 Å². The third-order valence-electron chi connectivity index (χ3n) is 4.20. The first-order chi connectivity index (χ1) is 6.93. The molecule has 0 aromatic carbocycles. The van der Waals surface area contributed by atoms with E-state index >= 15 is 0 Å². The van der Waals surface area contributed by atoms with Gasteiger partial charge in [0.1, 0.15) is 0 Å². The minimum Gasteiger partial charge on any atom is -0.391 e. The topological polar surface area (TPSA) is 49.3 Å². The Balaban J connectivity index is 1.88. The van der Waals surface area contributed by atoms with Crippen LogP contribution in [0.5, 0.6) is 0 Å². The van der Waals surface area contributed by atoms with Gasteiger partial charge in [-0.3, -0.25) is 4.79 Å². The van der Waals surface area contributed by atoms with Crippen LogP contribution >= 0.6 is 0 Å². The lowest BCUT2D eigenvalue weighted by molar-refractivity contribution is -0.126. The maximum absolute atomic E-state index is 11.9. The van der Waals surface area contributed by atoms with Gasteiger partial charge in [0.2, 0.25) is 5.91 Å². The fourth-order valence-electron chi connectivity index (χ4n) is 2.72. The number of carbonyl (C=O) groups excluding carboxylic acids is 1. The molecule has 0 bridgehead atoms. The van der Waals surface area contributed by atoms with Crippen molar-refractivity contribution in [1.29, 1.82) is 0 Å². The number of nitrogens with one attached hydrogen (secondary N) is 1. The zero-order chi connectivity index (χ0) is 11.2. The molecular weight excluding hydrogens is 190 g/mol. The Labute approximate surface area is 91.2 Å². The van der Waals surface area contributed by atoms with E-state index in [9.17, 15) is 9.90 Å². The highest BCUT2D eigenvalue weighted by Gasteiger charge is 2.57. The molecule has 15 heavy (non-hydrogen) atoms. The second-order valence-corrected chi connectivity index (χ2v) is 5.67. The first-order valence-electron chi connectivity index (χ1n) is 5.93. The van der Waals surface area contributed by atoms with Crippen LogP contribution in [-0.4, -0.2) is 22.7 Å². The van der Waals surface area contributed by atoms with Crippen molar-refractivity contribution >= 4 is 5.91 Å². The van der Waals surface area contributed by atoms with Gasteiger partial charge in [-0.05, 0) is 45.4 Å². The number of rotatable bonds is 3. The lowest BCUT2D eigenvalue weighted by Gasteiger charge is -2.29. The molecule has 0 radical (unpaired) electrons. The third kappa shape index (κ3) is 1.89. The van der Waals surface area contributed by atoms with Crippen LogP contribution < -0.4 is 5.32 Å². The molecule has 0 spiro atoms. The minimum absolute atomic E-state index is 0.149. The molecule has 0 aromatic heterocycles. The summed E-state index contributed by atoms with van der Waals surface area (Å²) in [5.41, 5.74) is -0.506. The summed E-state index contributed by atoms with van der Waals surface area (Å²) in [6, 6.07) is 0. The van der Waals surface area contributed by atoms with Gasteiger partial charge in [0.25, 0.3) is 0 Å². The molecule has 2 rings (SSSR count). The van der Waals surface area contributed by atoms with Crippen LogP contribution in [0.25, 0.3) is 0 Å². The molecule has 3 atom stereocenters. The van der Waals surface area contributed by atoms with Gasteiger partial charge in [-0.15, -0.1) is 0 Å². The number of carbonyl (C=O) groups is 1. The van der Waals surface area contributed by atoms with Crippen molar-refractivity contribution in [2.45, 2.75) is 51.7 Å². The summed E-state index contributed by atoms with van der Waals surface area (Å²) in [7, 11) is 0. The smallest absolute Gasteiger partial charge is 0.224 e. The molecular formula is C12H21NO2. The highest BCUT2D eigenvalue weighted by molar-refractivity contribution is 5.83. The van der Waals surface area contributed by atoms with Gasteiger partial charge in [-0.1, -0.05) is 6.42 Å². The second kappa shape index (κ2) is 3.48. The average molecular weight is 211 g/mol. The van der Waals surface area contributed by atoms with Gasteiger partial charge >= 0.3 is 0 Å². The molecule has 1 amide bonds. The Morgan fingerprint density at radius 1 is 1.40 bits per heavy atom. The van der Waals surface area contributed by atoms with Crippen LogP contribution in [0.15, 0.2) is 0 Å². The van der Waals surface area contributed by atoms with E-state index in [4.69, 9.17) is 0 Å². The van der Waals surface area contributed by atoms with Crippen molar-refractivity contribution < 1.29 is 9.90 Å². The summed E-state index contributed by atoms with van der Waals surface area (Å²) >= 11 is 0. The number of fused-ring (bicyclic) bond motifs is 1. The first kappa shape index (κ1) is 10.9. The summed E-state index contributed by atoms with van der Waals surface area (Å²) in [5, 5.41) is 12.5. The first-order valence-corrected chi connectivity index (χ1v) is 5.93. The maximum atomic E-state index is 11.9. The van der Waals surface area contributed by atoms with E-state index in [1.54, 1.807) is 6.92 Å². The largest absolute Gasteiger partial charge is 0.391 e. The SMILES string of the molecule is CC(O)C(C)(C)NC(=O)C1C2CCCC21. The normalized spacial score (nSPS) is 35.9. The number of hydrogen-bond donors (Lipinski definition) is 2. The Bertz CT molecular complexity index is 263. The molecule has 0 saturated heterocycles. The zero-order valence-electron chi connectivity index (χ0n) is 9.79. The van der Waals surface area contributed by atoms with Crippen molar-refractivity contribution in [1.82, 2.24) is 5.32 Å². The summed E-state index contributed by atoms with van der Waals surface area (Å²) in [5.74, 6) is 1.69. The summed E-state index contributed by atoms with van der Waals surface area (Å²) in [6.45, 7) is 5.45. The lowest BCUT2D eigenvalue weighted by Crippen LogP contribution is -2.51. The van der Waals surface area contributed by atoms with E-state index in [2.05, 4.69) is 5.32 Å². The molecule has 3 unspecified atom stereocenters. The Morgan fingerprint density at radius 3 is 2.40 bits per heavy atom. The number of amides is 1. The Hall–Kier alpha value is -0.570. The maximum Gasteiger partial charge on any atom is 0.224 e. The second-order valence-electron chi connectivity index (χ2n) is 5.67. The Kier molecular flexibility index (Phi) is 2.53. The van der Waals surface area contributed by atoms with Crippen LogP contribution in [-0.2, 0) is 4.79 Å². The fourth-order valence-corrected chi connectivity index (χ4v) is 2.72. The molecule has 2 N–H and O–H groups in total. The van der Waals surface area contributed by atoms with Crippen molar-refractivity contribution in [2.75, 3.05) is 0 Å². The standard InChI is InChI=1S/C12H21NO2/c1-7(14)12(2,3)13-11(15)10-8-5-4-6-9(8)10/h7-10,14H,4-6H2,1-3H3,(H,13,15). The quantitative estimate of drug-likeness (QED) is 0.739. The fraction of sp³-hybridized carbons (Fsp3) is 0.917. The average Bonchev–Trinajstić information content (AvgIpc) is 2.60. The van der Waals surface area contributed by atoms with E-state index in [0.29, 0.717) is 11.8 Å². The van der Waals surface area contributed by atoms with Gasteiger partial charge in [-0.2, -0.15) is 0 Å². The van der Waals surface area contributed by atoms with E-state index in [-0.39, 0.29) is 11.8 Å². The molecule has 2 aliphatic rings. The van der Waals surface area contributed by atoms with E-state index in [0.717, 1.165) is 0 Å². The summed E-state index contributed by atoms with van der Waals surface area (Å²) in [4.78, 5) is 11.9. The predicted molar refractivity (Wildman–Crippen MR) is 58.2 cm³/mol. The van der Waals surface area contributed by atoms with Crippen LogP contribution in [0.2, 0.25) is 0 Å². The number of aliphatic hydroxyl groups excluding tert-OH is 1. The number of hydrogen-bond acceptors (Lipinski definition) is 2. The van der Waals surface area contributed by atoms with Crippen LogP contribution in [0, 0.1) is 17.8 Å². The molecule has 0 aromatic rings. The zero-order valence-corrected chi connectivity index (χ0v) is 9.79. The van der Waals surface area contributed by atoms with E-state index in [1.165, 1.54) is 19.3 Å². The lowest BCUT2D eigenvalue weighted by atomic mass is 9.98. The van der Waals surface area contributed by atoms with Crippen LogP contribution in [0.1, 0.15) is 40.0 Å². The summed E-state index contributed by atoms with van der Waals surface area (Å²) in [6.07, 6.45) is 3.22. The molecule has 2 fully saturated rings. The minimum atomic E-state index is -0.514. The van der Waals surface area contributed by atoms with Gasteiger partial charge in [-0.25, -0.2) is 0 Å². The van der Waals surface area contributed by atoms with Crippen molar-refractivity contribution in [3.05, 3.63) is 0 Å². The predicted octanol–water partition coefficient (Wildman–Crippen LogP) is 1.31. The molecule has 3 nitrogen and oxygen atoms in total. The third-order valence-corrected chi connectivity index (χ3v) is 4.20. The molecule has 86 valence electrons. The van der Waals surface area contributed by atoms with Crippen LogP contribution in [0.4, 0.5) is 0 Å². The van der Waals surface area contributed by atoms with Crippen LogP contribution in [0.3, 0.4) is 0 Å². The highest BCUT2D eigenvalue weighted by atomic mass is 16.3.